The van der Waals surface area contributed by atoms with Crippen molar-refractivity contribution in [1.29, 1.82) is 0 Å². The zero-order valence-electron chi connectivity index (χ0n) is 16.0. The lowest BCUT2D eigenvalue weighted by atomic mass is 9.89. The van der Waals surface area contributed by atoms with Crippen molar-refractivity contribution in [3.8, 4) is 0 Å². The van der Waals surface area contributed by atoms with E-state index in [4.69, 9.17) is 0 Å². The molecular weight excluding hydrogens is 312 g/mol. The van der Waals surface area contributed by atoms with Crippen LogP contribution in [0.15, 0.2) is 0 Å². The van der Waals surface area contributed by atoms with Gasteiger partial charge in [-0.1, -0.05) is 98.3 Å². The summed E-state index contributed by atoms with van der Waals surface area (Å²) < 4.78 is 31.0. The van der Waals surface area contributed by atoms with Crippen molar-refractivity contribution in [2.24, 2.45) is 5.41 Å². The Morgan fingerprint density at radius 3 is 1.35 bits per heavy atom. The Bertz CT molecular complexity index is 331. The minimum absolute atomic E-state index is 0.541. The van der Waals surface area contributed by atoms with Crippen LogP contribution in [0.25, 0.3) is 0 Å². The van der Waals surface area contributed by atoms with Crippen LogP contribution in [-0.2, 0) is 14.6 Å². The molecule has 0 aliphatic heterocycles. The summed E-state index contributed by atoms with van der Waals surface area (Å²) in [7, 11) is -3.60. The molecule has 4 nitrogen and oxygen atoms in total. The summed E-state index contributed by atoms with van der Waals surface area (Å²) in [5, 5.41) is 0. The van der Waals surface area contributed by atoms with Gasteiger partial charge in [-0.3, -0.25) is 4.18 Å². The van der Waals surface area contributed by atoms with Crippen molar-refractivity contribution >= 4 is 10.4 Å². The first-order chi connectivity index (χ1) is 10.6. The highest BCUT2D eigenvalue weighted by molar-refractivity contribution is 7.80. The van der Waals surface area contributed by atoms with Gasteiger partial charge in [0.25, 0.3) is 0 Å². The van der Waals surface area contributed by atoms with Crippen LogP contribution in [0.2, 0.25) is 0 Å². The van der Waals surface area contributed by atoms with Gasteiger partial charge in [0, 0.05) is 0 Å². The van der Waals surface area contributed by atoms with Crippen LogP contribution < -0.4 is 0 Å². The normalized spacial score (nSPS) is 11.9. The van der Waals surface area contributed by atoms with Crippen LogP contribution in [-0.4, -0.2) is 20.1 Å². The molecule has 142 valence electrons. The lowest BCUT2D eigenvalue weighted by molar-refractivity contribution is 0.314. The Morgan fingerprint density at radius 1 is 0.783 bits per heavy atom. The van der Waals surface area contributed by atoms with E-state index in [0.29, 0.717) is 5.41 Å². The molecule has 23 heavy (non-hydrogen) atoms. The fourth-order valence-corrected chi connectivity index (χ4v) is 2.32. The molecule has 0 aliphatic rings. The van der Waals surface area contributed by atoms with Crippen molar-refractivity contribution < 1.29 is 17.2 Å². The molecule has 0 fully saturated rings. The highest BCUT2D eigenvalue weighted by Crippen LogP contribution is 2.22. The molecule has 0 amide bonds. The van der Waals surface area contributed by atoms with Crippen LogP contribution in [0.5, 0.6) is 0 Å². The first-order valence-electron chi connectivity index (χ1n) is 9.14. The molecule has 0 bridgehead atoms. The Morgan fingerprint density at radius 2 is 1.09 bits per heavy atom. The van der Waals surface area contributed by atoms with Gasteiger partial charge in [0.05, 0.1) is 7.11 Å². The smallest absolute Gasteiger partial charge is 0.217 e. The molecule has 0 radical (unpaired) electrons. The topological polar surface area (TPSA) is 66.4 Å². The Balaban J connectivity index is 0. The van der Waals surface area contributed by atoms with Crippen molar-refractivity contribution in [2.75, 3.05) is 7.11 Å². The largest absolute Gasteiger partial charge is 0.726 e. The maximum absolute atomic E-state index is 9.22. The van der Waals surface area contributed by atoms with E-state index < -0.39 is 10.4 Å². The maximum atomic E-state index is 9.22. The molecule has 0 unspecified atom stereocenters. The number of unbranched alkanes of at least 4 members (excludes halogenated alkanes) is 10. The first-order valence-corrected chi connectivity index (χ1v) is 10.5. The molecule has 0 aliphatic carbocycles. The van der Waals surface area contributed by atoms with Gasteiger partial charge in [0.1, 0.15) is 0 Å². The summed E-state index contributed by atoms with van der Waals surface area (Å²) in [6.07, 6.45) is 17.4. The first kappa shape index (κ1) is 25.1. The van der Waals surface area contributed by atoms with E-state index in [1.54, 1.807) is 0 Å². The second kappa shape index (κ2) is 15.4. The third-order valence-electron chi connectivity index (χ3n) is 3.73. The molecule has 0 spiro atoms. The van der Waals surface area contributed by atoms with E-state index in [1.165, 1.54) is 77.0 Å². The Kier molecular flexibility index (Phi) is 16.8. The summed E-state index contributed by atoms with van der Waals surface area (Å²) in [4.78, 5) is 0. The van der Waals surface area contributed by atoms with Crippen molar-refractivity contribution in [1.82, 2.24) is 0 Å². The fraction of sp³-hybridized carbons (Fsp3) is 1.00. The van der Waals surface area contributed by atoms with Crippen LogP contribution >= 0.6 is 0 Å². The summed E-state index contributed by atoms with van der Waals surface area (Å²) in [5.74, 6) is 0. The van der Waals surface area contributed by atoms with Crippen molar-refractivity contribution in [3.05, 3.63) is 0 Å². The van der Waals surface area contributed by atoms with Crippen molar-refractivity contribution in [2.45, 2.75) is 105 Å². The lowest BCUT2D eigenvalue weighted by Crippen LogP contribution is -2.03. The predicted octanol–water partition coefficient (Wildman–Crippen LogP) is 5.83. The lowest BCUT2D eigenvalue weighted by Gasteiger charge is -2.17. The number of rotatable bonds is 12. The molecule has 0 heterocycles. The average Bonchev–Trinajstić information content (AvgIpc) is 2.43. The standard InChI is InChI=1S/C17H36.CH4O4S/c1-5-6-7-8-9-10-11-12-13-14-15-16-17(2,3)4;1-5-6(2,3)4/h5-16H2,1-4H3;1H3,(H,2,3,4)/p-1. The monoisotopic (exact) mass is 351 g/mol. The minimum atomic E-state index is -4.41. The van der Waals surface area contributed by atoms with E-state index in [1.807, 2.05) is 0 Å². The van der Waals surface area contributed by atoms with Crippen LogP contribution in [0.1, 0.15) is 105 Å². The molecule has 0 aromatic carbocycles. The van der Waals surface area contributed by atoms with E-state index >= 15 is 0 Å². The second-order valence-corrected chi connectivity index (χ2v) is 8.57. The third kappa shape index (κ3) is 30.3. The molecule has 0 N–H and O–H groups in total. The molecule has 0 aromatic heterocycles. The third-order valence-corrected chi connectivity index (χ3v) is 4.14. The van der Waals surface area contributed by atoms with Gasteiger partial charge < -0.3 is 4.55 Å². The van der Waals surface area contributed by atoms with Gasteiger partial charge in [0.15, 0.2) is 0 Å². The summed E-state index contributed by atoms with van der Waals surface area (Å²) in [5.41, 5.74) is 0.541. The minimum Gasteiger partial charge on any atom is -0.726 e. The molecule has 0 atom stereocenters. The summed E-state index contributed by atoms with van der Waals surface area (Å²) >= 11 is 0. The fourth-order valence-electron chi connectivity index (χ4n) is 2.32. The Hall–Kier alpha value is -0.130. The second-order valence-electron chi connectivity index (χ2n) is 7.42. The molecule has 0 aromatic rings. The highest BCUT2D eigenvalue weighted by atomic mass is 32.3. The molecule has 5 heteroatoms. The Labute approximate surface area is 145 Å². The zero-order chi connectivity index (χ0) is 18.2. The van der Waals surface area contributed by atoms with Gasteiger partial charge in [0.2, 0.25) is 10.4 Å². The number of hydrogen-bond donors (Lipinski definition) is 0. The number of hydrogen-bond acceptors (Lipinski definition) is 4. The molecule has 0 saturated carbocycles. The predicted molar refractivity (Wildman–Crippen MR) is 97.2 cm³/mol. The van der Waals surface area contributed by atoms with Gasteiger partial charge in [-0.05, 0) is 11.8 Å². The average molecular weight is 352 g/mol. The van der Waals surface area contributed by atoms with Crippen LogP contribution in [0, 0.1) is 5.41 Å². The maximum Gasteiger partial charge on any atom is 0.217 e. The van der Waals surface area contributed by atoms with Crippen molar-refractivity contribution in [3.63, 3.8) is 0 Å². The molecule has 0 rings (SSSR count). The van der Waals surface area contributed by atoms with E-state index in [0.717, 1.165) is 7.11 Å². The highest BCUT2D eigenvalue weighted by Gasteiger charge is 2.08. The zero-order valence-corrected chi connectivity index (χ0v) is 16.8. The van der Waals surface area contributed by atoms with E-state index in [9.17, 15) is 13.0 Å². The van der Waals surface area contributed by atoms with Crippen LogP contribution in [0.3, 0.4) is 0 Å². The van der Waals surface area contributed by atoms with Crippen LogP contribution in [0.4, 0.5) is 0 Å². The van der Waals surface area contributed by atoms with E-state index in [-0.39, 0.29) is 0 Å². The van der Waals surface area contributed by atoms with Gasteiger partial charge >= 0.3 is 0 Å². The quantitative estimate of drug-likeness (QED) is 0.252. The summed E-state index contributed by atoms with van der Waals surface area (Å²) in [6.45, 7) is 9.34. The van der Waals surface area contributed by atoms with Gasteiger partial charge in [-0.15, -0.1) is 0 Å². The van der Waals surface area contributed by atoms with Gasteiger partial charge in [-0.25, -0.2) is 8.42 Å². The van der Waals surface area contributed by atoms with Gasteiger partial charge in [-0.2, -0.15) is 0 Å². The summed E-state index contributed by atoms with van der Waals surface area (Å²) in [6, 6.07) is 0. The van der Waals surface area contributed by atoms with E-state index in [2.05, 4.69) is 31.9 Å². The molecule has 0 saturated heterocycles. The SMILES string of the molecule is CCCCCCCCCCCCCC(C)(C)C.COS(=O)(=O)[O-]. The molecular formula is C18H39O4S-.